The third-order valence-corrected chi connectivity index (χ3v) is 1.30. The maximum absolute atomic E-state index is 10.6. The Kier molecular flexibility index (Phi) is 1.00. The number of H-pyrrole nitrogens is 1. The first kappa shape index (κ1) is 5.96. The number of hydrogen-bond donors (Lipinski definition) is 2. The Hall–Kier alpha value is -1.78. The lowest BCUT2D eigenvalue weighted by Gasteiger charge is -1.87. The number of hydrogen-bond acceptors (Lipinski definition) is 4. The minimum absolute atomic E-state index is 0.356. The summed E-state index contributed by atoms with van der Waals surface area (Å²) in [6, 6.07) is 3.16. The Morgan fingerprint density at radius 2 is 2.36 bits per heavy atom. The normalized spacial score (nSPS) is 10.5. The quantitative estimate of drug-likeness (QED) is 0.559. The van der Waals surface area contributed by atoms with Crippen LogP contribution >= 0.6 is 0 Å². The van der Waals surface area contributed by atoms with Crippen LogP contribution in [0.25, 0.3) is 11.2 Å². The lowest BCUT2D eigenvalue weighted by molar-refractivity contribution is 0.555. The summed E-state index contributed by atoms with van der Waals surface area (Å²) in [7, 11) is 0. The minimum Gasteiger partial charge on any atom is -0.406 e. The molecule has 0 unspecified atom stereocenters. The van der Waals surface area contributed by atoms with E-state index in [0.29, 0.717) is 17.0 Å². The Balaban J connectivity index is 2.92. The van der Waals surface area contributed by atoms with Gasteiger partial charge in [0.15, 0.2) is 11.2 Å². The van der Waals surface area contributed by atoms with Crippen molar-refractivity contribution >= 4 is 17.0 Å². The third kappa shape index (κ3) is 0.861. The number of pyridine rings is 1. The predicted octanol–water partition coefficient (Wildman–Crippen LogP) is 0.0983. The van der Waals surface area contributed by atoms with Gasteiger partial charge in [-0.1, -0.05) is 0 Å². The first-order valence-electron chi connectivity index (χ1n) is 3.01. The van der Waals surface area contributed by atoms with Crippen molar-refractivity contribution in [1.82, 2.24) is 9.97 Å². The molecule has 2 aromatic heterocycles. The van der Waals surface area contributed by atoms with Crippen LogP contribution in [-0.4, -0.2) is 9.97 Å². The first-order valence-corrected chi connectivity index (χ1v) is 3.01. The summed E-state index contributed by atoms with van der Waals surface area (Å²) < 4.78 is 4.69. The van der Waals surface area contributed by atoms with E-state index in [1.165, 1.54) is 0 Å². The second-order valence-corrected chi connectivity index (χ2v) is 2.10. The number of aromatic amines is 1. The van der Waals surface area contributed by atoms with Crippen molar-refractivity contribution in [1.29, 1.82) is 0 Å². The fourth-order valence-electron chi connectivity index (χ4n) is 0.855. The van der Waals surface area contributed by atoms with Crippen molar-refractivity contribution in [3.63, 3.8) is 0 Å². The van der Waals surface area contributed by atoms with Crippen molar-refractivity contribution in [2.24, 2.45) is 0 Å². The van der Waals surface area contributed by atoms with Crippen molar-refractivity contribution in [2.45, 2.75) is 0 Å². The van der Waals surface area contributed by atoms with Crippen LogP contribution < -0.4 is 11.5 Å². The van der Waals surface area contributed by atoms with Crippen LogP contribution in [0.3, 0.4) is 0 Å². The van der Waals surface area contributed by atoms with Crippen LogP contribution in [0.4, 0.5) is 5.82 Å². The van der Waals surface area contributed by atoms with Crippen molar-refractivity contribution in [3.05, 3.63) is 22.7 Å². The Morgan fingerprint density at radius 1 is 1.55 bits per heavy atom. The molecule has 3 N–H and O–H groups in total. The largest absolute Gasteiger partial charge is 0.418 e. The molecule has 5 nitrogen and oxygen atoms in total. The average Bonchev–Trinajstić information content (AvgIpc) is 2.27. The Morgan fingerprint density at radius 3 is 3.18 bits per heavy atom. The summed E-state index contributed by atoms with van der Waals surface area (Å²) in [5, 5.41) is 0. The summed E-state index contributed by atoms with van der Waals surface area (Å²) in [5.74, 6) is -0.160. The molecule has 0 aliphatic rings. The topological polar surface area (TPSA) is 84.9 Å². The highest BCUT2D eigenvalue weighted by Crippen LogP contribution is 2.07. The zero-order valence-electron chi connectivity index (χ0n) is 5.50. The van der Waals surface area contributed by atoms with Crippen molar-refractivity contribution in [3.8, 4) is 0 Å². The van der Waals surface area contributed by atoms with Gasteiger partial charge in [0.25, 0.3) is 0 Å². The summed E-state index contributed by atoms with van der Waals surface area (Å²) in [6.07, 6.45) is 0. The van der Waals surface area contributed by atoms with E-state index >= 15 is 0 Å². The van der Waals surface area contributed by atoms with Gasteiger partial charge in [-0.15, -0.1) is 0 Å². The number of nitrogen functional groups attached to an aromatic ring is 1. The zero-order valence-corrected chi connectivity index (χ0v) is 5.50. The van der Waals surface area contributed by atoms with Gasteiger partial charge in [0.1, 0.15) is 5.82 Å². The van der Waals surface area contributed by atoms with Crippen LogP contribution in [0, 0.1) is 0 Å². The predicted molar refractivity (Wildman–Crippen MR) is 39.0 cm³/mol. The second-order valence-electron chi connectivity index (χ2n) is 2.10. The number of aromatic nitrogens is 2. The number of nitrogens with two attached hydrogens (primary N) is 1. The zero-order chi connectivity index (χ0) is 7.84. The van der Waals surface area contributed by atoms with Gasteiger partial charge in [0, 0.05) is 0 Å². The molecule has 0 aliphatic heterocycles. The van der Waals surface area contributed by atoms with E-state index in [1.807, 2.05) is 0 Å². The van der Waals surface area contributed by atoms with E-state index in [4.69, 9.17) is 10.2 Å². The molecule has 0 aliphatic carbocycles. The van der Waals surface area contributed by atoms with E-state index in [9.17, 15) is 4.79 Å². The third-order valence-electron chi connectivity index (χ3n) is 1.30. The first-order chi connectivity index (χ1) is 5.25. The van der Waals surface area contributed by atoms with E-state index in [-0.39, 0.29) is 0 Å². The average molecular weight is 151 g/mol. The molecule has 0 spiro atoms. The van der Waals surface area contributed by atoms with Gasteiger partial charge >= 0.3 is 5.76 Å². The van der Waals surface area contributed by atoms with Crippen molar-refractivity contribution in [2.75, 3.05) is 5.73 Å². The number of nitrogens with one attached hydrogen (secondary N) is 1. The smallest absolute Gasteiger partial charge is 0.406 e. The molecule has 0 saturated heterocycles. The minimum atomic E-state index is -0.516. The van der Waals surface area contributed by atoms with E-state index in [0.717, 1.165) is 0 Å². The highest BCUT2D eigenvalue weighted by atomic mass is 16.4. The second kappa shape index (κ2) is 1.85. The molecule has 11 heavy (non-hydrogen) atoms. The van der Waals surface area contributed by atoms with E-state index in [2.05, 4.69) is 9.97 Å². The molecule has 0 bridgehead atoms. The van der Waals surface area contributed by atoms with Crippen LogP contribution in [0.5, 0.6) is 0 Å². The molecule has 0 aromatic carbocycles. The standard InChI is InChI=1S/C6H5N3O2/c7-4-2-1-3-5(8-4)9-6(10)11-3/h1-2H,(H3,7,8,9,10). The van der Waals surface area contributed by atoms with Crippen LogP contribution in [0.15, 0.2) is 21.3 Å². The Bertz CT molecular complexity index is 442. The lowest BCUT2D eigenvalue weighted by atomic mass is 10.4. The molecule has 0 radical (unpaired) electrons. The molecule has 0 fully saturated rings. The number of rotatable bonds is 0. The molecule has 0 atom stereocenters. The summed E-state index contributed by atoms with van der Waals surface area (Å²) >= 11 is 0. The molecule has 2 heterocycles. The molecular weight excluding hydrogens is 146 g/mol. The van der Waals surface area contributed by atoms with Gasteiger partial charge in [0.2, 0.25) is 0 Å². The van der Waals surface area contributed by atoms with Gasteiger partial charge in [-0.25, -0.2) is 9.78 Å². The van der Waals surface area contributed by atoms with Gasteiger partial charge in [0.05, 0.1) is 0 Å². The van der Waals surface area contributed by atoms with Gasteiger partial charge < -0.3 is 10.2 Å². The number of nitrogens with zero attached hydrogens (tertiary/aromatic N) is 1. The van der Waals surface area contributed by atoms with E-state index in [1.54, 1.807) is 12.1 Å². The Labute approximate surface area is 60.8 Å². The van der Waals surface area contributed by atoms with Crippen molar-refractivity contribution < 1.29 is 4.42 Å². The highest BCUT2D eigenvalue weighted by molar-refractivity contribution is 5.68. The molecule has 0 saturated carbocycles. The lowest BCUT2D eigenvalue weighted by Crippen LogP contribution is -1.94. The monoisotopic (exact) mass is 151 g/mol. The summed E-state index contributed by atoms with van der Waals surface area (Å²) in [6.45, 7) is 0. The van der Waals surface area contributed by atoms with Gasteiger partial charge in [-0.05, 0) is 12.1 Å². The summed E-state index contributed by atoms with van der Waals surface area (Å²) in [4.78, 5) is 16.8. The fraction of sp³-hybridized carbons (Fsp3) is 0. The molecular formula is C6H5N3O2. The highest BCUT2D eigenvalue weighted by Gasteiger charge is 2.00. The van der Waals surface area contributed by atoms with Gasteiger partial charge in [-0.2, -0.15) is 0 Å². The number of anilines is 1. The molecule has 5 heteroatoms. The van der Waals surface area contributed by atoms with Crippen LogP contribution in [0.2, 0.25) is 0 Å². The van der Waals surface area contributed by atoms with Crippen LogP contribution in [-0.2, 0) is 0 Å². The summed E-state index contributed by atoms with van der Waals surface area (Å²) in [5.41, 5.74) is 6.16. The number of fused-ring (bicyclic) bond motifs is 1. The molecule has 2 rings (SSSR count). The van der Waals surface area contributed by atoms with E-state index < -0.39 is 5.76 Å². The molecule has 56 valence electrons. The number of oxazole rings is 1. The maximum atomic E-state index is 10.6. The van der Waals surface area contributed by atoms with Gasteiger partial charge in [-0.3, -0.25) is 4.98 Å². The maximum Gasteiger partial charge on any atom is 0.418 e. The SMILES string of the molecule is Nc1ccc2oc(=O)[nH]c2n1. The molecule has 2 aromatic rings. The van der Waals surface area contributed by atoms with Crippen LogP contribution in [0.1, 0.15) is 0 Å². The molecule has 0 amide bonds. The fourth-order valence-corrected chi connectivity index (χ4v) is 0.855.